The number of hydrogen-bond acceptors (Lipinski definition) is 3. The van der Waals surface area contributed by atoms with E-state index in [0.29, 0.717) is 5.89 Å². The monoisotopic (exact) mass is 280 g/mol. The van der Waals surface area contributed by atoms with Crippen molar-refractivity contribution in [3.63, 3.8) is 0 Å². The van der Waals surface area contributed by atoms with Gasteiger partial charge in [-0.3, -0.25) is 0 Å². The van der Waals surface area contributed by atoms with E-state index in [0.717, 1.165) is 35.1 Å². The van der Waals surface area contributed by atoms with E-state index in [4.69, 9.17) is 4.52 Å². The first kappa shape index (κ1) is 11.3. The highest BCUT2D eigenvalue weighted by Crippen LogP contribution is 2.20. The van der Waals surface area contributed by atoms with Gasteiger partial charge in [0, 0.05) is 16.5 Å². The number of benzene rings is 1. The number of unbranched alkanes of at least 4 members (excludes halogenated alkanes) is 1. The van der Waals surface area contributed by atoms with E-state index in [2.05, 4.69) is 33.0 Å². The van der Waals surface area contributed by atoms with Crippen molar-refractivity contribution in [3.8, 4) is 11.5 Å². The molecule has 0 N–H and O–H groups in total. The van der Waals surface area contributed by atoms with E-state index in [1.54, 1.807) is 0 Å². The quantitative estimate of drug-likeness (QED) is 0.854. The van der Waals surface area contributed by atoms with Crippen molar-refractivity contribution >= 4 is 15.9 Å². The first-order valence-electron chi connectivity index (χ1n) is 5.38. The second-order valence-electron chi connectivity index (χ2n) is 3.63. The highest BCUT2D eigenvalue weighted by Gasteiger charge is 2.07. The summed E-state index contributed by atoms with van der Waals surface area (Å²) in [6, 6.07) is 7.85. The number of halogens is 1. The minimum atomic E-state index is 0.596. The SMILES string of the molecule is CCCCc1noc(-c2ccc(Br)cc2)n1. The zero-order chi connectivity index (χ0) is 11.4. The molecule has 0 amide bonds. The Bertz CT molecular complexity index is 450. The van der Waals surface area contributed by atoms with Crippen LogP contribution in [0.3, 0.4) is 0 Å². The van der Waals surface area contributed by atoms with Gasteiger partial charge in [-0.15, -0.1) is 0 Å². The maximum Gasteiger partial charge on any atom is 0.257 e. The van der Waals surface area contributed by atoms with Gasteiger partial charge in [0.2, 0.25) is 0 Å². The van der Waals surface area contributed by atoms with Crippen LogP contribution >= 0.6 is 15.9 Å². The van der Waals surface area contributed by atoms with Crippen molar-refractivity contribution in [1.29, 1.82) is 0 Å². The Labute approximate surface area is 103 Å². The van der Waals surface area contributed by atoms with Crippen LogP contribution in [0.1, 0.15) is 25.6 Å². The molecule has 16 heavy (non-hydrogen) atoms. The molecule has 1 aromatic carbocycles. The molecule has 0 radical (unpaired) electrons. The summed E-state index contributed by atoms with van der Waals surface area (Å²) < 4.78 is 6.25. The second kappa shape index (κ2) is 5.25. The standard InChI is InChI=1S/C12H13BrN2O/c1-2-3-4-11-14-12(16-15-11)9-5-7-10(13)8-6-9/h5-8H,2-4H2,1H3. The Balaban J connectivity index is 2.15. The predicted molar refractivity (Wildman–Crippen MR) is 66.0 cm³/mol. The van der Waals surface area contributed by atoms with Gasteiger partial charge in [-0.05, 0) is 30.7 Å². The van der Waals surface area contributed by atoms with Gasteiger partial charge in [-0.25, -0.2) is 0 Å². The number of nitrogens with zero attached hydrogens (tertiary/aromatic N) is 2. The molecule has 0 spiro atoms. The smallest absolute Gasteiger partial charge is 0.257 e. The van der Waals surface area contributed by atoms with Gasteiger partial charge in [-0.1, -0.05) is 34.4 Å². The summed E-state index contributed by atoms with van der Waals surface area (Å²) in [4.78, 5) is 4.35. The molecule has 0 aliphatic carbocycles. The van der Waals surface area contributed by atoms with Crippen LogP contribution in [0.25, 0.3) is 11.5 Å². The lowest BCUT2D eigenvalue weighted by Gasteiger charge is -1.93. The van der Waals surface area contributed by atoms with Gasteiger partial charge in [0.1, 0.15) is 0 Å². The summed E-state index contributed by atoms with van der Waals surface area (Å²) in [5, 5.41) is 3.95. The molecule has 0 atom stereocenters. The summed E-state index contributed by atoms with van der Waals surface area (Å²) in [6.07, 6.45) is 3.12. The first-order valence-corrected chi connectivity index (χ1v) is 6.17. The Kier molecular flexibility index (Phi) is 3.72. The normalized spacial score (nSPS) is 10.6. The average molecular weight is 281 g/mol. The van der Waals surface area contributed by atoms with Crippen molar-refractivity contribution in [2.45, 2.75) is 26.2 Å². The van der Waals surface area contributed by atoms with Gasteiger partial charge < -0.3 is 4.52 Å². The molecule has 1 heterocycles. The maximum absolute atomic E-state index is 5.21. The zero-order valence-electron chi connectivity index (χ0n) is 9.11. The number of hydrogen-bond donors (Lipinski definition) is 0. The van der Waals surface area contributed by atoms with Crippen LogP contribution in [0, 0.1) is 0 Å². The largest absolute Gasteiger partial charge is 0.334 e. The van der Waals surface area contributed by atoms with Gasteiger partial charge in [-0.2, -0.15) is 4.98 Å². The molecule has 1 aromatic heterocycles. The van der Waals surface area contributed by atoms with Gasteiger partial charge >= 0.3 is 0 Å². The minimum Gasteiger partial charge on any atom is -0.334 e. The van der Waals surface area contributed by atoms with Crippen LogP contribution < -0.4 is 0 Å². The third-order valence-electron chi connectivity index (χ3n) is 2.31. The topological polar surface area (TPSA) is 38.9 Å². The molecule has 0 fully saturated rings. The van der Waals surface area contributed by atoms with Crippen molar-refractivity contribution in [1.82, 2.24) is 10.1 Å². The van der Waals surface area contributed by atoms with E-state index in [9.17, 15) is 0 Å². The lowest BCUT2D eigenvalue weighted by atomic mass is 10.2. The van der Waals surface area contributed by atoms with E-state index >= 15 is 0 Å². The molecule has 0 aliphatic rings. The number of aryl methyl sites for hydroxylation is 1. The summed E-state index contributed by atoms with van der Waals surface area (Å²) >= 11 is 3.39. The number of aromatic nitrogens is 2. The third-order valence-corrected chi connectivity index (χ3v) is 2.84. The van der Waals surface area contributed by atoms with Crippen LogP contribution in [0.5, 0.6) is 0 Å². The molecule has 0 aliphatic heterocycles. The molecule has 0 saturated carbocycles. The molecule has 0 saturated heterocycles. The molecule has 84 valence electrons. The van der Waals surface area contributed by atoms with Crippen LogP contribution in [0.4, 0.5) is 0 Å². The van der Waals surface area contributed by atoms with Crippen LogP contribution in [-0.2, 0) is 6.42 Å². The molecule has 4 heteroatoms. The fourth-order valence-corrected chi connectivity index (χ4v) is 1.66. The zero-order valence-corrected chi connectivity index (χ0v) is 10.7. The molecule has 0 bridgehead atoms. The van der Waals surface area contributed by atoms with Crippen molar-refractivity contribution in [2.75, 3.05) is 0 Å². The summed E-state index contributed by atoms with van der Waals surface area (Å²) in [5.41, 5.74) is 0.957. The maximum atomic E-state index is 5.21. The van der Waals surface area contributed by atoms with Crippen LogP contribution in [-0.4, -0.2) is 10.1 Å². The van der Waals surface area contributed by atoms with E-state index in [1.165, 1.54) is 0 Å². The Hall–Kier alpha value is -1.16. The van der Waals surface area contributed by atoms with Crippen molar-refractivity contribution < 1.29 is 4.52 Å². The summed E-state index contributed by atoms with van der Waals surface area (Å²) in [7, 11) is 0. The Morgan fingerprint density at radius 1 is 1.25 bits per heavy atom. The average Bonchev–Trinajstić information content (AvgIpc) is 2.76. The first-order chi connectivity index (χ1) is 7.79. The van der Waals surface area contributed by atoms with Gasteiger partial charge in [0.25, 0.3) is 5.89 Å². The lowest BCUT2D eigenvalue weighted by molar-refractivity contribution is 0.421. The fraction of sp³-hybridized carbons (Fsp3) is 0.333. The van der Waals surface area contributed by atoms with E-state index in [1.807, 2.05) is 24.3 Å². The van der Waals surface area contributed by atoms with Gasteiger partial charge in [0.05, 0.1) is 0 Å². The second-order valence-corrected chi connectivity index (χ2v) is 4.54. The van der Waals surface area contributed by atoms with Crippen molar-refractivity contribution in [3.05, 3.63) is 34.6 Å². The molecular formula is C12H13BrN2O. The highest BCUT2D eigenvalue weighted by atomic mass is 79.9. The minimum absolute atomic E-state index is 0.596. The Morgan fingerprint density at radius 3 is 2.69 bits per heavy atom. The number of rotatable bonds is 4. The van der Waals surface area contributed by atoms with Crippen LogP contribution in [0.15, 0.2) is 33.3 Å². The molecular weight excluding hydrogens is 268 g/mol. The molecule has 3 nitrogen and oxygen atoms in total. The third kappa shape index (κ3) is 2.70. The molecule has 2 aromatic rings. The fourth-order valence-electron chi connectivity index (χ4n) is 1.40. The molecule has 2 rings (SSSR count). The van der Waals surface area contributed by atoms with E-state index in [-0.39, 0.29) is 0 Å². The molecule has 0 unspecified atom stereocenters. The predicted octanol–water partition coefficient (Wildman–Crippen LogP) is 3.84. The lowest BCUT2D eigenvalue weighted by Crippen LogP contribution is -1.87. The Morgan fingerprint density at radius 2 is 2.00 bits per heavy atom. The van der Waals surface area contributed by atoms with Gasteiger partial charge in [0.15, 0.2) is 5.82 Å². The van der Waals surface area contributed by atoms with E-state index < -0.39 is 0 Å². The summed E-state index contributed by atoms with van der Waals surface area (Å²) in [5.74, 6) is 1.39. The highest BCUT2D eigenvalue weighted by molar-refractivity contribution is 9.10. The van der Waals surface area contributed by atoms with Crippen molar-refractivity contribution in [2.24, 2.45) is 0 Å². The van der Waals surface area contributed by atoms with Crippen LogP contribution in [0.2, 0.25) is 0 Å². The summed E-state index contributed by atoms with van der Waals surface area (Å²) in [6.45, 7) is 2.15.